The molecule has 43 heavy (non-hydrogen) atoms. The fourth-order valence-corrected chi connectivity index (χ4v) is 6.55. The van der Waals surface area contributed by atoms with Crippen molar-refractivity contribution in [2.75, 3.05) is 63.3 Å². The van der Waals surface area contributed by atoms with Crippen LogP contribution in [0.1, 0.15) is 24.0 Å². The normalized spacial score (nSPS) is 18.2. The van der Waals surface area contributed by atoms with Gasteiger partial charge >= 0.3 is 0 Å². The van der Waals surface area contributed by atoms with E-state index in [2.05, 4.69) is 53.2 Å². The zero-order valence-electron chi connectivity index (χ0n) is 24.2. The Hall–Kier alpha value is -4.36. The van der Waals surface area contributed by atoms with Gasteiger partial charge in [0.1, 0.15) is 23.7 Å². The van der Waals surface area contributed by atoms with Crippen molar-refractivity contribution >= 4 is 24.1 Å². The number of fused-ring (bicyclic) bond motifs is 2. The summed E-state index contributed by atoms with van der Waals surface area (Å²) in [5.41, 5.74) is 4.28. The summed E-state index contributed by atoms with van der Waals surface area (Å²) in [4.78, 5) is 14.2. The molecular formula is C30H35FN10O2. The molecule has 3 aliphatic rings. The number of rotatable bonds is 7. The lowest BCUT2D eigenvalue weighted by Crippen LogP contribution is -2.49. The molecule has 0 amide bonds. The van der Waals surface area contributed by atoms with Crippen molar-refractivity contribution in [3.05, 3.63) is 59.2 Å². The second-order valence-corrected chi connectivity index (χ2v) is 10.9. The van der Waals surface area contributed by atoms with Crippen LogP contribution in [0.4, 0.5) is 16.2 Å². The third-order valence-electron chi connectivity index (χ3n) is 8.75. The number of hydrogen-bond donors (Lipinski definition) is 1. The minimum Gasteiger partial charge on any atom is -0.493 e. The van der Waals surface area contributed by atoms with Gasteiger partial charge in [0.15, 0.2) is 11.1 Å². The molecule has 0 spiro atoms. The summed E-state index contributed by atoms with van der Waals surface area (Å²) < 4.78 is 29.5. The monoisotopic (exact) mass is 586 g/mol. The molecule has 3 aromatic heterocycles. The number of hydrogen-bond acceptors (Lipinski definition) is 10. The molecule has 1 aromatic carbocycles. The predicted molar refractivity (Wildman–Crippen MR) is 161 cm³/mol. The van der Waals surface area contributed by atoms with Crippen LogP contribution in [0.25, 0.3) is 16.8 Å². The van der Waals surface area contributed by atoms with Crippen molar-refractivity contribution in [2.45, 2.75) is 31.8 Å². The summed E-state index contributed by atoms with van der Waals surface area (Å²) in [5, 5.41) is 16.2. The first-order chi connectivity index (χ1) is 21.2. The Bertz CT molecular complexity index is 1720. The number of piperidine rings is 1. The van der Waals surface area contributed by atoms with E-state index in [0.29, 0.717) is 41.7 Å². The highest BCUT2D eigenvalue weighted by molar-refractivity contribution is 5.77. The number of halogens is 1. The maximum Gasteiger partial charge on any atom is 0.210 e. The number of ether oxygens (including phenoxy) is 2. The molecule has 0 unspecified atom stereocenters. The summed E-state index contributed by atoms with van der Waals surface area (Å²) >= 11 is 0. The lowest BCUT2D eigenvalue weighted by molar-refractivity contribution is 0.0114. The number of nitrogens with zero attached hydrogens (tertiary/aromatic N) is 9. The Morgan fingerprint density at radius 3 is 2.70 bits per heavy atom. The Morgan fingerprint density at radius 2 is 1.91 bits per heavy atom. The van der Waals surface area contributed by atoms with Crippen LogP contribution >= 0.6 is 0 Å². The highest BCUT2D eigenvalue weighted by atomic mass is 19.1. The van der Waals surface area contributed by atoms with Gasteiger partial charge in [0.25, 0.3) is 0 Å². The zero-order valence-corrected chi connectivity index (χ0v) is 24.2. The Balaban J connectivity index is 1.16. The van der Waals surface area contributed by atoms with E-state index in [-0.39, 0.29) is 12.4 Å². The van der Waals surface area contributed by atoms with Crippen LogP contribution in [0, 0.1) is 5.82 Å². The molecule has 0 atom stereocenters. The SMILES string of the molecule is C=Nn1c(N2CCC(N3CCOCC3)CC2)ccc(-c2cnc(NCc3c(F)ccc4c3CCO4)n3cnnc23)/c1=N/C. The average Bonchev–Trinajstić information content (AvgIpc) is 3.75. The highest BCUT2D eigenvalue weighted by Gasteiger charge is 2.27. The van der Waals surface area contributed by atoms with Gasteiger partial charge in [-0.15, -0.1) is 10.2 Å². The zero-order chi connectivity index (χ0) is 29.3. The van der Waals surface area contributed by atoms with Gasteiger partial charge in [0, 0.05) is 87.4 Å². The Morgan fingerprint density at radius 1 is 1.07 bits per heavy atom. The maximum absolute atomic E-state index is 14.7. The van der Waals surface area contributed by atoms with Gasteiger partial charge in [-0.1, -0.05) is 0 Å². The Kier molecular flexibility index (Phi) is 7.49. The first kappa shape index (κ1) is 27.5. The lowest BCUT2D eigenvalue weighted by Gasteiger charge is -2.41. The molecule has 0 radical (unpaired) electrons. The number of nitrogens with one attached hydrogen (secondary N) is 1. The van der Waals surface area contributed by atoms with E-state index < -0.39 is 0 Å². The number of aromatic nitrogens is 5. The van der Waals surface area contributed by atoms with Gasteiger partial charge in [-0.05, 0) is 37.1 Å². The molecule has 6 heterocycles. The van der Waals surface area contributed by atoms with E-state index in [0.717, 1.165) is 80.5 Å². The first-order valence-electron chi connectivity index (χ1n) is 14.7. The molecule has 13 heteroatoms. The molecule has 0 aliphatic carbocycles. The topological polar surface area (TPSA) is 110 Å². The first-order valence-corrected chi connectivity index (χ1v) is 14.7. The van der Waals surface area contributed by atoms with Crippen LogP contribution in [0.5, 0.6) is 5.75 Å². The standard InChI is InChI=1S/C30H35FN10O2/c1-32-28-22(3-6-27(41(28)33-2)39-10-7-20(8-11-39)38-12-15-42-16-13-38)24-18-35-30(40-19-36-37-29(24)40)34-17-23-21-9-14-43-26(21)5-4-25(23)31/h3-6,18-20H,2,7-17H2,1H3,(H,34,35)/b32-28-. The van der Waals surface area contributed by atoms with Crippen molar-refractivity contribution in [3.63, 3.8) is 0 Å². The molecule has 0 saturated carbocycles. The molecule has 4 aromatic rings. The summed E-state index contributed by atoms with van der Waals surface area (Å²) in [6, 6.07) is 7.81. The van der Waals surface area contributed by atoms with E-state index in [9.17, 15) is 4.39 Å². The highest BCUT2D eigenvalue weighted by Crippen LogP contribution is 2.31. The van der Waals surface area contributed by atoms with E-state index in [1.54, 1.807) is 34.7 Å². The van der Waals surface area contributed by atoms with Crippen molar-refractivity contribution in [3.8, 4) is 16.9 Å². The second kappa shape index (κ2) is 11.7. The van der Waals surface area contributed by atoms with Crippen LogP contribution in [0.15, 0.2) is 46.9 Å². The third kappa shape index (κ3) is 5.01. The van der Waals surface area contributed by atoms with Crippen LogP contribution < -0.4 is 20.4 Å². The van der Waals surface area contributed by atoms with Gasteiger partial charge in [-0.2, -0.15) is 9.78 Å². The van der Waals surface area contributed by atoms with Gasteiger partial charge in [-0.25, -0.2) is 9.37 Å². The number of pyridine rings is 1. The minimum absolute atomic E-state index is 0.255. The van der Waals surface area contributed by atoms with Gasteiger partial charge in [-0.3, -0.25) is 14.3 Å². The van der Waals surface area contributed by atoms with Crippen molar-refractivity contribution in [2.24, 2.45) is 10.1 Å². The summed E-state index contributed by atoms with van der Waals surface area (Å²) in [6.45, 7) is 10.2. The van der Waals surface area contributed by atoms with Crippen LogP contribution in [-0.2, 0) is 17.7 Å². The molecular weight excluding hydrogens is 551 g/mol. The fourth-order valence-electron chi connectivity index (χ4n) is 6.55. The molecule has 2 saturated heterocycles. The summed E-state index contributed by atoms with van der Waals surface area (Å²) in [7, 11) is 1.75. The van der Waals surface area contributed by atoms with E-state index in [1.807, 2.05) is 6.07 Å². The number of morpholine rings is 1. The van der Waals surface area contributed by atoms with Crippen molar-refractivity contribution in [1.29, 1.82) is 0 Å². The van der Waals surface area contributed by atoms with Crippen molar-refractivity contribution in [1.82, 2.24) is 29.2 Å². The minimum atomic E-state index is -0.269. The smallest absolute Gasteiger partial charge is 0.210 e. The van der Waals surface area contributed by atoms with Crippen molar-refractivity contribution < 1.29 is 13.9 Å². The maximum atomic E-state index is 14.7. The molecule has 1 N–H and O–H groups in total. The molecule has 7 rings (SSSR count). The van der Waals surface area contributed by atoms with E-state index in [1.165, 1.54) is 6.07 Å². The van der Waals surface area contributed by atoms with Crippen LogP contribution in [0.2, 0.25) is 0 Å². The molecule has 0 bridgehead atoms. The van der Waals surface area contributed by atoms with Gasteiger partial charge in [0.2, 0.25) is 5.95 Å². The largest absolute Gasteiger partial charge is 0.493 e. The van der Waals surface area contributed by atoms with E-state index in [4.69, 9.17) is 9.47 Å². The second-order valence-electron chi connectivity index (χ2n) is 10.9. The molecule has 224 valence electrons. The summed E-state index contributed by atoms with van der Waals surface area (Å²) in [5.74, 6) is 1.92. The third-order valence-corrected chi connectivity index (χ3v) is 8.75. The fraction of sp³-hybridized carbons (Fsp3) is 0.433. The van der Waals surface area contributed by atoms with Crippen LogP contribution in [0.3, 0.4) is 0 Å². The van der Waals surface area contributed by atoms with Crippen LogP contribution in [-0.4, -0.2) is 95.0 Å². The molecule has 2 fully saturated rings. The number of benzene rings is 1. The Labute approximate surface area is 248 Å². The van der Waals surface area contributed by atoms with Gasteiger partial charge < -0.3 is 19.7 Å². The average molecular weight is 587 g/mol. The number of anilines is 2. The lowest BCUT2D eigenvalue weighted by atomic mass is 10.0. The quantitative estimate of drug-likeness (QED) is 0.329. The molecule has 3 aliphatic heterocycles. The predicted octanol–water partition coefficient (Wildman–Crippen LogP) is 2.57. The molecule has 12 nitrogen and oxygen atoms in total. The summed E-state index contributed by atoms with van der Waals surface area (Å²) in [6.07, 6.45) is 6.18. The van der Waals surface area contributed by atoms with Gasteiger partial charge in [0.05, 0.1) is 19.8 Å². The van der Waals surface area contributed by atoms with E-state index >= 15 is 0 Å².